The van der Waals surface area contributed by atoms with E-state index in [0.29, 0.717) is 40.8 Å². The summed E-state index contributed by atoms with van der Waals surface area (Å²) >= 11 is 12.6. The number of benzene rings is 1. The normalized spacial score (nSPS) is 22.3. The maximum absolute atomic E-state index is 12.8. The van der Waals surface area contributed by atoms with Crippen molar-refractivity contribution in [1.82, 2.24) is 4.90 Å². The van der Waals surface area contributed by atoms with Gasteiger partial charge in [-0.2, -0.15) is 0 Å². The Labute approximate surface area is 152 Å². The van der Waals surface area contributed by atoms with Crippen LogP contribution in [-0.2, 0) is 16.0 Å². The van der Waals surface area contributed by atoms with Gasteiger partial charge in [0.2, 0.25) is 5.91 Å². The molecular formula is C18H21Cl2NO3. The van der Waals surface area contributed by atoms with Crippen LogP contribution in [0.15, 0.2) is 12.1 Å². The van der Waals surface area contributed by atoms with Gasteiger partial charge >= 0.3 is 0 Å². The van der Waals surface area contributed by atoms with Crippen molar-refractivity contribution >= 4 is 34.9 Å². The minimum atomic E-state index is -0.0916. The van der Waals surface area contributed by atoms with Crippen molar-refractivity contribution in [2.45, 2.75) is 44.6 Å². The summed E-state index contributed by atoms with van der Waals surface area (Å²) in [4.78, 5) is 26.1. The molecule has 0 bridgehead atoms. The SMILES string of the molecule is COc1cc(Cl)c(C[C@@H]2CCN(C3CCC(=O)CC3)C2=O)c(Cl)c1. The number of nitrogens with zero attached hydrogens (tertiary/aromatic N) is 1. The molecule has 1 aliphatic heterocycles. The first-order valence-electron chi connectivity index (χ1n) is 8.33. The molecule has 1 aromatic rings. The zero-order valence-corrected chi connectivity index (χ0v) is 15.2. The predicted octanol–water partition coefficient (Wildman–Crippen LogP) is 3.90. The van der Waals surface area contributed by atoms with Gasteiger partial charge in [-0.25, -0.2) is 0 Å². The number of ketones is 1. The molecule has 1 saturated carbocycles. The average Bonchev–Trinajstić information content (AvgIpc) is 2.92. The maximum Gasteiger partial charge on any atom is 0.226 e. The zero-order valence-electron chi connectivity index (χ0n) is 13.7. The standard InChI is InChI=1S/C18H21Cl2NO3/c1-24-14-9-16(19)15(17(20)10-14)8-11-6-7-21(18(11)23)12-2-4-13(22)5-3-12/h9-12H,2-8H2,1H3/t11-/m0/s1. The van der Waals surface area contributed by atoms with Crippen molar-refractivity contribution in [2.75, 3.05) is 13.7 Å². The highest BCUT2D eigenvalue weighted by atomic mass is 35.5. The number of amides is 1. The molecule has 1 atom stereocenters. The summed E-state index contributed by atoms with van der Waals surface area (Å²) in [5.74, 6) is 0.995. The molecule has 24 heavy (non-hydrogen) atoms. The number of carbonyl (C=O) groups is 2. The van der Waals surface area contributed by atoms with E-state index in [4.69, 9.17) is 27.9 Å². The Hall–Kier alpha value is -1.26. The Kier molecular flexibility index (Phi) is 5.36. The van der Waals surface area contributed by atoms with Crippen molar-refractivity contribution in [3.05, 3.63) is 27.7 Å². The van der Waals surface area contributed by atoms with E-state index in [1.54, 1.807) is 19.2 Å². The van der Waals surface area contributed by atoms with Crippen molar-refractivity contribution < 1.29 is 14.3 Å². The second kappa shape index (κ2) is 7.32. The first-order valence-corrected chi connectivity index (χ1v) is 9.09. The minimum Gasteiger partial charge on any atom is -0.497 e. The second-order valence-electron chi connectivity index (χ2n) is 6.56. The van der Waals surface area contributed by atoms with E-state index in [1.807, 2.05) is 4.90 Å². The van der Waals surface area contributed by atoms with Gasteiger partial charge in [0, 0.05) is 41.4 Å². The molecule has 0 spiro atoms. The van der Waals surface area contributed by atoms with E-state index in [-0.39, 0.29) is 17.9 Å². The van der Waals surface area contributed by atoms with Crippen LogP contribution in [0.4, 0.5) is 0 Å². The third-order valence-corrected chi connectivity index (χ3v) is 5.78. The molecule has 2 fully saturated rings. The lowest BCUT2D eigenvalue weighted by Crippen LogP contribution is -2.40. The maximum atomic E-state index is 12.8. The van der Waals surface area contributed by atoms with Crippen LogP contribution in [0.1, 0.15) is 37.7 Å². The lowest BCUT2D eigenvalue weighted by molar-refractivity contribution is -0.135. The van der Waals surface area contributed by atoms with Crippen molar-refractivity contribution in [2.24, 2.45) is 5.92 Å². The number of hydrogen-bond acceptors (Lipinski definition) is 3. The van der Waals surface area contributed by atoms with Crippen LogP contribution in [0.25, 0.3) is 0 Å². The predicted molar refractivity (Wildman–Crippen MR) is 93.8 cm³/mol. The van der Waals surface area contributed by atoms with E-state index >= 15 is 0 Å². The molecule has 0 radical (unpaired) electrons. The number of ether oxygens (including phenoxy) is 1. The molecule has 1 saturated heterocycles. The summed E-state index contributed by atoms with van der Waals surface area (Å²) in [5.41, 5.74) is 0.804. The van der Waals surface area contributed by atoms with Gasteiger partial charge in [0.1, 0.15) is 11.5 Å². The fourth-order valence-electron chi connectivity index (χ4n) is 3.69. The Bertz CT molecular complexity index is 629. The monoisotopic (exact) mass is 369 g/mol. The quantitative estimate of drug-likeness (QED) is 0.808. The highest BCUT2D eigenvalue weighted by Gasteiger charge is 2.37. The lowest BCUT2D eigenvalue weighted by atomic mass is 9.93. The number of likely N-dealkylation sites (tertiary alicyclic amines) is 1. The molecule has 0 unspecified atom stereocenters. The summed E-state index contributed by atoms with van der Waals surface area (Å²) in [6.07, 6.45) is 4.12. The topological polar surface area (TPSA) is 46.6 Å². The number of rotatable bonds is 4. The molecule has 1 amide bonds. The second-order valence-corrected chi connectivity index (χ2v) is 7.38. The summed E-state index contributed by atoms with van der Waals surface area (Å²) in [6, 6.07) is 3.67. The molecule has 1 aromatic carbocycles. The number of carbonyl (C=O) groups excluding carboxylic acids is 2. The smallest absolute Gasteiger partial charge is 0.226 e. The molecule has 0 N–H and O–H groups in total. The van der Waals surface area contributed by atoms with Crippen LogP contribution in [0, 0.1) is 5.92 Å². The van der Waals surface area contributed by atoms with Gasteiger partial charge in [0.05, 0.1) is 7.11 Å². The zero-order chi connectivity index (χ0) is 17.3. The van der Waals surface area contributed by atoms with Crippen molar-refractivity contribution in [1.29, 1.82) is 0 Å². The average molecular weight is 370 g/mol. The number of Topliss-reactive ketones (excluding diaryl/α,β-unsaturated/α-hetero) is 1. The Morgan fingerprint density at radius 1 is 1.12 bits per heavy atom. The van der Waals surface area contributed by atoms with Gasteiger partial charge in [-0.05, 0) is 43.4 Å². The van der Waals surface area contributed by atoms with Gasteiger partial charge in [-0.15, -0.1) is 0 Å². The van der Waals surface area contributed by atoms with Crippen molar-refractivity contribution in [3.63, 3.8) is 0 Å². The summed E-state index contributed by atoms with van der Waals surface area (Å²) in [5, 5.41) is 1.07. The Morgan fingerprint density at radius 3 is 2.33 bits per heavy atom. The van der Waals surface area contributed by atoms with Gasteiger partial charge in [0.25, 0.3) is 0 Å². The molecule has 1 heterocycles. The first-order chi connectivity index (χ1) is 11.5. The van der Waals surface area contributed by atoms with Crippen molar-refractivity contribution in [3.8, 4) is 5.75 Å². The van der Waals surface area contributed by atoms with E-state index in [0.717, 1.165) is 31.4 Å². The van der Waals surface area contributed by atoms with Crippen LogP contribution in [0.2, 0.25) is 10.0 Å². The van der Waals surface area contributed by atoms with E-state index in [2.05, 4.69) is 0 Å². The molecule has 2 aliphatic rings. The van der Waals surface area contributed by atoms with Crippen LogP contribution in [0.5, 0.6) is 5.75 Å². The highest BCUT2D eigenvalue weighted by Crippen LogP contribution is 2.35. The molecule has 1 aliphatic carbocycles. The Balaban J connectivity index is 1.69. The van der Waals surface area contributed by atoms with E-state index in [9.17, 15) is 9.59 Å². The molecule has 6 heteroatoms. The van der Waals surface area contributed by atoms with Gasteiger partial charge in [0.15, 0.2) is 0 Å². The lowest BCUT2D eigenvalue weighted by Gasteiger charge is -2.30. The largest absolute Gasteiger partial charge is 0.497 e. The van der Waals surface area contributed by atoms with E-state index in [1.165, 1.54) is 0 Å². The van der Waals surface area contributed by atoms with Gasteiger partial charge in [-0.3, -0.25) is 9.59 Å². The summed E-state index contributed by atoms with van der Waals surface area (Å²) in [6.45, 7) is 0.758. The van der Waals surface area contributed by atoms with Crippen LogP contribution in [-0.4, -0.2) is 36.3 Å². The minimum absolute atomic E-state index is 0.0916. The molecular weight excluding hydrogens is 349 g/mol. The first kappa shape index (κ1) is 17.6. The third kappa shape index (κ3) is 3.55. The highest BCUT2D eigenvalue weighted by molar-refractivity contribution is 6.36. The Morgan fingerprint density at radius 2 is 1.75 bits per heavy atom. The number of halogens is 2. The van der Waals surface area contributed by atoms with E-state index < -0.39 is 0 Å². The molecule has 0 aromatic heterocycles. The fourth-order valence-corrected chi connectivity index (χ4v) is 4.31. The van der Waals surface area contributed by atoms with Crippen LogP contribution < -0.4 is 4.74 Å². The van der Waals surface area contributed by atoms with Gasteiger partial charge < -0.3 is 9.64 Å². The number of methoxy groups -OCH3 is 1. The summed E-state index contributed by atoms with van der Waals surface area (Å²) in [7, 11) is 1.56. The molecule has 130 valence electrons. The fraction of sp³-hybridized carbons (Fsp3) is 0.556. The summed E-state index contributed by atoms with van der Waals surface area (Å²) < 4.78 is 5.16. The van der Waals surface area contributed by atoms with Crippen LogP contribution >= 0.6 is 23.2 Å². The third-order valence-electron chi connectivity index (χ3n) is 5.11. The number of hydrogen-bond donors (Lipinski definition) is 0. The van der Waals surface area contributed by atoms with Gasteiger partial charge in [-0.1, -0.05) is 23.2 Å². The molecule has 4 nitrogen and oxygen atoms in total. The molecule has 3 rings (SSSR count). The van der Waals surface area contributed by atoms with Crippen LogP contribution in [0.3, 0.4) is 0 Å².